The van der Waals surface area contributed by atoms with Crippen LogP contribution in [0.5, 0.6) is 0 Å². The zero-order valence-electron chi connectivity index (χ0n) is 10.2. The van der Waals surface area contributed by atoms with Crippen LogP contribution in [0.4, 0.5) is 0 Å². The Morgan fingerprint density at radius 1 is 1.56 bits per heavy atom. The molecule has 0 saturated heterocycles. The number of hydrogen-bond acceptors (Lipinski definition) is 1. The molecule has 0 aliphatic rings. The average Bonchev–Trinajstić information content (AvgIpc) is 2.80. The first-order valence-corrected chi connectivity index (χ1v) is 6.16. The van der Waals surface area contributed by atoms with Gasteiger partial charge in [-0.2, -0.15) is 0 Å². The van der Waals surface area contributed by atoms with Gasteiger partial charge in [-0.05, 0) is 19.1 Å². The summed E-state index contributed by atoms with van der Waals surface area (Å²) < 4.78 is 1.89. The van der Waals surface area contributed by atoms with Gasteiger partial charge in [-0.3, -0.25) is 4.79 Å². The molecule has 2 aromatic rings. The van der Waals surface area contributed by atoms with Gasteiger partial charge in [0.05, 0.1) is 10.5 Å². The Hall–Kier alpha value is -1.74. The number of nitrogens with zero attached hydrogens (tertiary/aromatic N) is 1. The first kappa shape index (κ1) is 12.7. The standard InChI is InChI=1S/C14H15ClN2O/c1-3-8-16-14(18)10(2)17-9-7-11-5-4-6-12(15)13(11)17/h3-7,9-10H,1,8H2,2H3,(H,16,18). The number of para-hydroxylation sites is 1. The van der Waals surface area contributed by atoms with Crippen molar-refractivity contribution in [2.45, 2.75) is 13.0 Å². The van der Waals surface area contributed by atoms with Gasteiger partial charge in [-0.15, -0.1) is 6.58 Å². The number of carbonyl (C=O) groups excluding carboxylic acids is 1. The van der Waals surface area contributed by atoms with E-state index in [1.54, 1.807) is 6.08 Å². The summed E-state index contributed by atoms with van der Waals surface area (Å²) in [6, 6.07) is 7.36. The van der Waals surface area contributed by atoms with E-state index < -0.39 is 0 Å². The van der Waals surface area contributed by atoms with Gasteiger partial charge in [-0.25, -0.2) is 0 Å². The number of fused-ring (bicyclic) bond motifs is 1. The van der Waals surface area contributed by atoms with Gasteiger partial charge in [0.2, 0.25) is 5.91 Å². The molecule has 0 bridgehead atoms. The second-order valence-corrected chi connectivity index (χ2v) is 4.52. The van der Waals surface area contributed by atoms with Crippen molar-refractivity contribution in [3.8, 4) is 0 Å². The summed E-state index contributed by atoms with van der Waals surface area (Å²) in [5.74, 6) is -0.0488. The lowest BCUT2D eigenvalue weighted by molar-refractivity contribution is -0.123. The lowest BCUT2D eigenvalue weighted by Crippen LogP contribution is -2.30. The SMILES string of the molecule is C=CCNC(=O)C(C)n1ccc2cccc(Cl)c21. The van der Waals surface area contributed by atoms with E-state index in [-0.39, 0.29) is 11.9 Å². The predicted octanol–water partition coefficient (Wildman–Crippen LogP) is 3.16. The monoisotopic (exact) mass is 262 g/mol. The Bertz CT molecular complexity index is 588. The molecule has 3 nitrogen and oxygen atoms in total. The zero-order chi connectivity index (χ0) is 13.1. The Labute approximate surface area is 111 Å². The van der Waals surface area contributed by atoms with Gasteiger partial charge >= 0.3 is 0 Å². The fourth-order valence-corrected chi connectivity index (χ4v) is 2.22. The molecule has 1 amide bonds. The first-order chi connectivity index (χ1) is 8.65. The number of hydrogen-bond donors (Lipinski definition) is 1. The van der Waals surface area contributed by atoms with Crippen LogP contribution < -0.4 is 5.32 Å². The van der Waals surface area contributed by atoms with Crippen LogP contribution in [0.2, 0.25) is 5.02 Å². The Balaban J connectivity index is 2.36. The van der Waals surface area contributed by atoms with Gasteiger partial charge < -0.3 is 9.88 Å². The van der Waals surface area contributed by atoms with Crippen LogP contribution in [0.3, 0.4) is 0 Å². The maximum Gasteiger partial charge on any atom is 0.243 e. The molecule has 94 valence electrons. The molecule has 18 heavy (non-hydrogen) atoms. The molecule has 0 aliphatic carbocycles. The minimum atomic E-state index is -0.303. The van der Waals surface area contributed by atoms with Crippen LogP contribution in [0.1, 0.15) is 13.0 Å². The Kier molecular flexibility index (Phi) is 3.72. The van der Waals surface area contributed by atoms with E-state index in [1.807, 2.05) is 42.0 Å². The van der Waals surface area contributed by atoms with E-state index in [2.05, 4.69) is 11.9 Å². The van der Waals surface area contributed by atoms with Gasteiger partial charge in [0.25, 0.3) is 0 Å². The van der Waals surface area contributed by atoms with E-state index in [9.17, 15) is 4.79 Å². The number of aromatic nitrogens is 1. The van der Waals surface area contributed by atoms with Gasteiger partial charge in [0.1, 0.15) is 6.04 Å². The maximum absolute atomic E-state index is 11.9. The molecule has 1 aromatic carbocycles. The second-order valence-electron chi connectivity index (χ2n) is 4.11. The molecule has 0 spiro atoms. The first-order valence-electron chi connectivity index (χ1n) is 5.79. The third kappa shape index (κ3) is 2.27. The van der Waals surface area contributed by atoms with Gasteiger partial charge in [0, 0.05) is 18.1 Å². The van der Waals surface area contributed by atoms with Crippen molar-refractivity contribution >= 4 is 28.4 Å². The van der Waals surface area contributed by atoms with Crippen LogP contribution in [0.25, 0.3) is 10.9 Å². The van der Waals surface area contributed by atoms with Crippen LogP contribution in [-0.2, 0) is 4.79 Å². The van der Waals surface area contributed by atoms with Crippen molar-refractivity contribution in [3.63, 3.8) is 0 Å². The summed E-state index contributed by atoms with van der Waals surface area (Å²) >= 11 is 6.19. The number of carbonyl (C=O) groups is 1. The zero-order valence-corrected chi connectivity index (χ0v) is 10.9. The summed E-state index contributed by atoms with van der Waals surface area (Å²) in [4.78, 5) is 11.9. The molecule has 0 aliphatic heterocycles. The molecule has 2 rings (SSSR count). The van der Waals surface area contributed by atoms with E-state index in [4.69, 9.17) is 11.6 Å². The van der Waals surface area contributed by atoms with Crippen LogP contribution in [0, 0.1) is 0 Å². The number of halogens is 1. The molecule has 0 radical (unpaired) electrons. The highest BCUT2D eigenvalue weighted by atomic mass is 35.5. The third-order valence-corrected chi connectivity index (χ3v) is 3.21. The number of rotatable bonds is 4. The molecular formula is C14H15ClN2O. The van der Waals surface area contributed by atoms with Crippen molar-refractivity contribution in [1.82, 2.24) is 9.88 Å². The van der Waals surface area contributed by atoms with E-state index >= 15 is 0 Å². The van der Waals surface area contributed by atoms with Crippen LogP contribution in [0.15, 0.2) is 43.1 Å². The van der Waals surface area contributed by atoms with E-state index in [0.29, 0.717) is 11.6 Å². The third-order valence-electron chi connectivity index (χ3n) is 2.91. The highest BCUT2D eigenvalue weighted by molar-refractivity contribution is 6.35. The maximum atomic E-state index is 11.9. The molecule has 4 heteroatoms. The normalized spacial score (nSPS) is 12.3. The molecule has 1 aromatic heterocycles. The predicted molar refractivity (Wildman–Crippen MR) is 74.9 cm³/mol. The lowest BCUT2D eigenvalue weighted by atomic mass is 10.2. The van der Waals surface area contributed by atoms with E-state index in [1.165, 1.54) is 0 Å². The average molecular weight is 263 g/mol. The van der Waals surface area contributed by atoms with Gasteiger partial charge in [-0.1, -0.05) is 29.8 Å². The number of amides is 1. The van der Waals surface area contributed by atoms with Crippen LogP contribution >= 0.6 is 11.6 Å². The van der Waals surface area contributed by atoms with E-state index in [0.717, 1.165) is 10.9 Å². The number of benzene rings is 1. The van der Waals surface area contributed by atoms with Crippen molar-refractivity contribution in [2.75, 3.05) is 6.54 Å². The molecule has 1 heterocycles. The molecule has 1 atom stereocenters. The van der Waals surface area contributed by atoms with Crippen LogP contribution in [-0.4, -0.2) is 17.0 Å². The summed E-state index contributed by atoms with van der Waals surface area (Å²) in [5.41, 5.74) is 0.889. The fraction of sp³-hybridized carbons (Fsp3) is 0.214. The second kappa shape index (κ2) is 5.27. The van der Waals surface area contributed by atoms with Crippen molar-refractivity contribution in [3.05, 3.63) is 48.1 Å². The van der Waals surface area contributed by atoms with Crippen molar-refractivity contribution in [1.29, 1.82) is 0 Å². The lowest BCUT2D eigenvalue weighted by Gasteiger charge is -2.15. The van der Waals surface area contributed by atoms with Crippen molar-refractivity contribution in [2.24, 2.45) is 0 Å². The molecule has 1 unspecified atom stereocenters. The summed E-state index contributed by atoms with van der Waals surface area (Å²) in [6.07, 6.45) is 3.54. The summed E-state index contributed by atoms with van der Waals surface area (Å²) in [7, 11) is 0. The molecular weight excluding hydrogens is 248 g/mol. The topological polar surface area (TPSA) is 34.0 Å². The Morgan fingerprint density at radius 2 is 2.33 bits per heavy atom. The summed E-state index contributed by atoms with van der Waals surface area (Å²) in [6.45, 7) is 5.89. The number of nitrogens with one attached hydrogen (secondary N) is 1. The highest BCUT2D eigenvalue weighted by Crippen LogP contribution is 2.27. The Morgan fingerprint density at radius 3 is 3.06 bits per heavy atom. The smallest absolute Gasteiger partial charge is 0.243 e. The molecule has 0 saturated carbocycles. The fourth-order valence-electron chi connectivity index (χ4n) is 1.94. The molecule has 0 fully saturated rings. The minimum absolute atomic E-state index is 0.0488. The minimum Gasteiger partial charge on any atom is -0.351 e. The highest BCUT2D eigenvalue weighted by Gasteiger charge is 2.16. The molecule has 1 N–H and O–H groups in total. The van der Waals surface area contributed by atoms with Crippen molar-refractivity contribution < 1.29 is 4.79 Å². The quantitative estimate of drug-likeness (QED) is 0.844. The summed E-state index contributed by atoms with van der Waals surface area (Å²) in [5, 5.41) is 4.47. The largest absolute Gasteiger partial charge is 0.351 e. The van der Waals surface area contributed by atoms with Gasteiger partial charge in [0.15, 0.2) is 0 Å².